The van der Waals surface area contributed by atoms with Gasteiger partial charge in [0.05, 0.1) is 0 Å². The molecule has 0 fully saturated rings. The summed E-state index contributed by atoms with van der Waals surface area (Å²) < 4.78 is 46.3. The van der Waals surface area contributed by atoms with Gasteiger partial charge in [-0.15, -0.1) is 0 Å². The standard InChI is InChI=1S/C15H13F3O2/c16-15(17,18)11-20-14-8-4-7-13(9-14)19-10-12-5-2-1-3-6-12/h1-9H,10-11H2. The Morgan fingerprint density at radius 1 is 0.800 bits per heavy atom. The summed E-state index contributed by atoms with van der Waals surface area (Å²) in [5, 5.41) is 0. The predicted molar refractivity (Wildman–Crippen MR) is 68.8 cm³/mol. The molecule has 0 aliphatic heterocycles. The lowest BCUT2D eigenvalue weighted by Gasteiger charge is -2.11. The normalized spacial score (nSPS) is 11.2. The van der Waals surface area contributed by atoms with Gasteiger partial charge >= 0.3 is 6.18 Å². The molecule has 0 spiro atoms. The van der Waals surface area contributed by atoms with Crippen molar-refractivity contribution in [2.75, 3.05) is 6.61 Å². The van der Waals surface area contributed by atoms with Crippen LogP contribution in [0.1, 0.15) is 5.56 Å². The third kappa shape index (κ3) is 4.84. The van der Waals surface area contributed by atoms with Crippen LogP contribution in [0.4, 0.5) is 13.2 Å². The van der Waals surface area contributed by atoms with Crippen LogP contribution in [0.2, 0.25) is 0 Å². The largest absolute Gasteiger partial charge is 0.489 e. The highest BCUT2D eigenvalue weighted by atomic mass is 19.4. The predicted octanol–water partition coefficient (Wildman–Crippen LogP) is 4.21. The Balaban J connectivity index is 1.92. The van der Waals surface area contributed by atoms with Crippen molar-refractivity contribution in [1.82, 2.24) is 0 Å². The number of ether oxygens (including phenoxy) is 2. The first-order valence-corrected chi connectivity index (χ1v) is 5.99. The molecule has 0 saturated heterocycles. The first-order valence-electron chi connectivity index (χ1n) is 5.99. The van der Waals surface area contributed by atoms with E-state index in [1.165, 1.54) is 12.1 Å². The molecule has 0 unspecified atom stereocenters. The van der Waals surface area contributed by atoms with Gasteiger partial charge in [0.1, 0.15) is 18.1 Å². The Kier molecular flexibility index (Phi) is 4.50. The first kappa shape index (κ1) is 14.2. The zero-order valence-corrected chi connectivity index (χ0v) is 10.6. The second kappa shape index (κ2) is 6.32. The molecular weight excluding hydrogens is 269 g/mol. The smallest absolute Gasteiger partial charge is 0.422 e. The quantitative estimate of drug-likeness (QED) is 0.818. The topological polar surface area (TPSA) is 18.5 Å². The molecule has 0 heterocycles. The maximum atomic E-state index is 12.1. The van der Waals surface area contributed by atoms with Crippen LogP contribution in [0.25, 0.3) is 0 Å². The molecule has 2 nitrogen and oxygen atoms in total. The molecule has 0 aromatic heterocycles. The molecule has 106 valence electrons. The summed E-state index contributed by atoms with van der Waals surface area (Å²) in [4.78, 5) is 0. The van der Waals surface area contributed by atoms with Crippen LogP contribution in [-0.4, -0.2) is 12.8 Å². The molecule has 2 aromatic rings. The zero-order valence-electron chi connectivity index (χ0n) is 10.6. The summed E-state index contributed by atoms with van der Waals surface area (Å²) in [6.07, 6.45) is -4.35. The summed E-state index contributed by atoms with van der Waals surface area (Å²) in [6.45, 7) is -0.960. The second-order valence-corrected chi connectivity index (χ2v) is 4.15. The van der Waals surface area contributed by atoms with E-state index in [1.807, 2.05) is 30.3 Å². The van der Waals surface area contributed by atoms with Crippen molar-refractivity contribution in [3.63, 3.8) is 0 Å². The molecule has 20 heavy (non-hydrogen) atoms. The van der Waals surface area contributed by atoms with Crippen LogP contribution in [0, 0.1) is 0 Å². The molecule has 0 bridgehead atoms. The summed E-state index contributed by atoms with van der Waals surface area (Å²) in [6, 6.07) is 15.7. The minimum absolute atomic E-state index is 0.132. The summed E-state index contributed by atoms with van der Waals surface area (Å²) >= 11 is 0. The maximum Gasteiger partial charge on any atom is 0.422 e. The minimum Gasteiger partial charge on any atom is -0.489 e. The second-order valence-electron chi connectivity index (χ2n) is 4.15. The van der Waals surface area contributed by atoms with Crippen molar-refractivity contribution < 1.29 is 22.6 Å². The molecular formula is C15H13F3O2. The lowest BCUT2D eigenvalue weighted by molar-refractivity contribution is -0.153. The fraction of sp³-hybridized carbons (Fsp3) is 0.200. The van der Waals surface area contributed by atoms with Crippen molar-refractivity contribution in [2.24, 2.45) is 0 Å². The average Bonchev–Trinajstić information content (AvgIpc) is 2.44. The third-order valence-electron chi connectivity index (χ3n) is 2.46. The van der Waals surface area contributed by atoms with Crippen LogP contribution >= 0.6 is 0 Å². The molecule has 5 heteroatoms. The van der Waals surface area contributed by atoms with Crippen molar-refractivity contribution in [1.29, 1.82) is 0 Å². The molecule has 0 N–H and O–H groups in total. The van der Waals surface area contributed by atoms with Crippen molar-refractivity contribution in [3.8, 4) is 11.5 Å². The summed E-state index contributed by atoms with van der Waals surface area (Å²) in [7, 11) is 0. The van der Waals surface area contributed by atoms with Crippen LogP contribution in [-0.2, 0) is 6.61 Å². The number of alkyl halides is 3. The van der Waals surface area contributed by atoms with Crippen molar-refractivity contribution >= 4 is 0 Å². The van der Waals surface area contributed by atoms with Gasteiger partial charge < -0.3 is 9.47 Å². The van der Waals surface area contributed by atoms with Gasteiger partial charge in [-0.1, -0.05) is 36.4 Å². The maximum absolute atomic E-state index is 12.1. The average molecular weight is 282 g/mol. The number of benzene rings is 2. The monoisotopic (exact) mass is 282 g/mol. The van der Waals surface area contributed by atoms with E-state index in [2.05, 4.69) is 4.74 Å². The van der Waals surface area contributed by atoms with E-state index in [0.717, 1.165) is 5.56 Å². The minimum atomic E-state index is -4.35. The Hall–Kier alpha value is -2.17. The van der Waals surface area contributed by atoms with Crippen LogP contribution < -0.4 is 9.47 Å². The van der Waals surface area contributed by atoms with Gasteiger partial charge in [-0.25, -0.2) is 0 Å². The first-order chi connectivity index (χ1) is 9.53. The Labute approximate surface area is 114 Å². The van der Waals surface area contributed by atoms with E-state index >= 15 is 0 Å². The van der Waals surface area contributed by atoms with E-state index in [-0.39, 0.29) is 5.75 Å². The van der Waals surface area contributed by atoms with E-state index in [4.69, 9.17) is 4.74 Å². The molecule has 0 aliphatic rings. The van der Waals surface area contributed by atoms with Crippen molar-refractivity contribution in [2.45, 2.75) is 12.8 Å². The molecule has 0 amide bonds. The van der Waals surface area contributed by atoms with E-state index in [9.17, 15) is 13.2 Å². The summed E-state index contributed by atoms with van der Waals surface area (Å²) in [5.74, 6) is 0.599. The van der Waals surface area contributed by atoms with E-state index in [1.54, 1.807) is 12.1 Å². The number of hydrogen-bond donors (Lipinski definition) is 0. The highest BCUT2D eigenvalue weighted by Gasteiger charge is 2.28. The van der Waals surface area contributed by atoms with Gasteiger partial charge in [0.15, 0.2) is 6.61 Å². The van der Waals surface area contributed by atoms with Crippen LogP contribution in [0.15, 0.2) is 54.6 Å². The highest BCUT2D eigenvalue weighted by Crippen LogP contribution is 2.23. The van der Waals surface area contributed by atoms with Gasteiger partial charge in [0.25, 0.3) is 0 Å². The summed E-state index contributed by atoms with van der Waals surface area (Å²) in [5.41, 5.74) is 0.981. The third-order valence-corrected chi connectivity index (χ3v) is 2.46. The molecule has 0 aliphatic carbocycles. The van der Waals surface area contributed by atoms with Crippen molar-refractivity contribution in [3.05, 3.63) is 60.2 Å². The van der Waals surface area contributed by atoms with Gasteiger partial charge in [0, 0.05) is 6.07 Å². The Bertz CT molecular complexity index is 538. The lowest BCUT2D eigenvalue weighted by atomic mass is 10.2. The van der Waals surface area contributed by atoms with Gasteiger partial charge in [-0.05, 0) is 17.7 Å². The lowest BCUT2D eigenvalue weighted by Crippen LogP contribution is -2.19. The SMILES string of the molecule is FC(F)(F)COc1cccc(OCc2ccccc2)c1. The van der Waals surface area contributed by atoms with Crippen LogP contribution in [0.3, 0.4) is 0 Å². The number of hydrogen-bond acceptors (Lipinski definition) is 2. The number of halogens is 3. The molecule has 2 rings (SSSR count). The molecule has 0 saturated carbocycles. The molecule has 0 atom stereocenters. The number of rotatable bonds is 5. The van der Waals surface area contributed by atoms with Gasteiger partial charge in [-0.3, -0.25) is 0 Å². The van der Waals surface area contributed by atoms with Gasteiger partial charge in [0.2, 0.25) is 0 Å². The Morgan fingerprint density at radius 3 is 2.10 bits per heavy atom. The molecule has 0 radical (unpaired) electrons. The molecule has 2 aromatic carbocycles. The fourth-order valence-electron chi connectivity index (χ4n) is 1.56. The zero-order chi connectivity index (χ0) is 14.4. The Morgan fingerprint density at radius 2 is 1.45 bits per heavy atom. The van der Waals surface area contributed by atoms with E-state index < -0.39 is 12.8 Å². The highest BCUT2D eigenvalue weighted by molar-refractivity contribution is 5.33. The van der Waals surface area contributed by atoms with E-state index in [0.29, 0.717) is 12.4 Å². The van der Waals surface area contributed by atoms with Gasteiger partial charge in [-0.2, -0.15) is 13.2 Å². The fourth-order valence-corrected chi connectivity index (χ4v) is 1.56. The van der Waals surface area contributed by atoms with Crippen LogP contribution in [0.5, 0.6) is 11.5 Å².